The standard InChI is InChI=1S/C12H10FN3O/c13-11-3-1-2-9(16-11)6-8-4-5-15-10(7-8)12(14)17/h1-5,7H,6H2,(H2,14,17). The van der Waals surface area contributed by atoms with E-state index in [9.17, 15) is 9.18 Å². The van der Waals surface area contributed by atoms with Crippen LogP contribution in [0.2, 0.25) is 0 Å². The molecule has 0 bridgehead atoms. The maximum atomic E-state index is 12.9. The molecular formula is C12H10FN3O. The molecular weight excluding hydrogens is 221 g/mol. The Morgan fingerprint density at radius 2 is 2.18 bits per heavy atom. The van der Waals surface area contributed by atoms with Crippen LogP contribution >= 0.6 is 0 Å². The Kier molecular flexibility index (Phi) is 3.09. The van der Waals surface area contributed by atoms with Gasteiger partial charge in [-0.1, -0.05) is 6.07 Å². The van der Waals surface area contributed by atoms with Crippen LogP contribution in [0.4, 0.5) is 4.39 Å². The third-order valence-corrected chi connectivity index (χ3v) is 2.23. The first-order valence-electron chi connectivity index (χ1n) is 5.01. The number of carbonyl (C=O) groups is 1. The van der Waals surface area contributed by atoms with Gasteiger partial charge in [-0.2, -0.15) is 4.39 Å². The Balaban J connectivity index is 2.24. The average molecular weight is 231 g/mol. The number of nitrogens with two attached hydrogens (primary N) is 1. The van der Waals surface area contributed by atoms with Crippen molar-refractivity contribution < 1.29 is 9.18 Å². The number of amides is 1. The molecule has 0 aromatic carbocycles. The Bertz CT molecular complexity index is 557. The fourth-order valence-corrected chi connectivity index (χ4v) is 1.48. The zero-order valence-electron chi connectivity index (χ0n) is 8.93. The van der Waals surface area contributed by atoms with Gasteiger partial charge in [0.2, 0.25) is 5.95 Å². The second-order valence-electron chi connectivity index (χ2n) is 3.54. The number of rotatable bonds is 3. The molecule has 0 aliphatic rings. The molecule has 5 heteroatoms. The van der Waals surface area contributed by atoms with Crippen LogP contribution in [0.25, 0.3) is 0 Å². The van der Waals surface area contributed by atoms with Crippen molar-refractivity contribution in [1.82, 2.24) is 9.97 Å². The molecule has 86 valence electrons. The summed E-state index contributed by atoms with van der Waals surface area (Å²) < 4.78 is 12.9. The van der Waals surface area contributed by atoms with Gasteiger partial charge in [0.05, 0.1) is 0 Å². The lowest BCUT2D eigenvalue weighted by Crippen LogP contribution is -2.13. The quantitative estimate of drug-likeness (QED) is 0.809. The van der Waals surface area contributed by atoms with Crippen LogP contribution in [0.3, 0.4) is 0 Å². The number of pyridine rings is 2. The predicted octanol–water partition coefficient (Wildman–Crippen LogP) is 1.31. The summed E-state index contributed by atoms with van der Waals surface area (Å²) >= 11 is 0. The van der Waals surface area contributed by atoms with E-state index < -0.39 is 11.9 Å². The van der Waals surface area contributed by atoms with Crippen LogP contribution < -0.4 is 5.73 Å². The van der Waals surface area contributed by atoms with Gasteiger partial charge in [0, 0.05) is 18.3 Å². The molecule has 2 aromatic rings. The molecule has 2 rings (SSSR count). The summed E-state index contributed by atoms with van der Waals surface area (Å²) in [5, 5.41) is 0. The lowest BCUT2D eigenvalue weighted by atomic mass is 10.1. The van der Waals surface area contributed by atoms with Gasteiger partial charge >= 0.3 is 0 Å². The van der Waals surface area contributed by atoms with Gasteiger partial charge in [0.25, 0.3) is 5.91 Å². The van der Waals surface area contributed by atoms with Crippen LogP contribution in [0.1, 0.15) is 21.7 Å². The number of hydrogen-bond acceptors (Lipinski definition) is 3. The highest BCUT2D eigenvalue weighted by molar-refractivity contribution is 5.90. The number of aromatic nitrogens is 2. The van der Waals surface area contributed by atoms with E-state index in [1.807, 2.05) is 0 Å². The first kappa shape index (κ1) is 11.2. The highest BCUT2D eigenvalue weighted by Crippen LogP contribution is 2.08. The first-order chi connectivity index (χ1) is 8.15. The van der Waals surface area contributed by atoms with Gasteiger partial charge in [0.1, 0.15) is 5.69 Å². The minimum absolute atomic E-state index is 0.193. The Morgan fingerprint density at radius 1 is 1.35 bits per heavy atom. The van der Waals surface area contributed by atoms with Gasteiger partial charge in [-0.3, -0.25) is 9.78 Å². The van der Waals surface area contributed by atoms with Crippen molar-refractivity contribution in [2.75, 3.05) is 0 Å². The zero-order chi connectivity index (χ0) is 12.3. The molecule has 2 heterocycles. The van der Waals surface area contributed by atoms with E-state index in [-0.39, 0.29) is 5.69 Å². The minimum atomic E-state index is -0.584. The van der Waals surface area contributed by atoms with E-state index in [1.54, 1.807) is 24.3 Å². The van der Waals surface area contributed by atoms with E-state index >= 15 is 0 Å². The fraction of sp³-hybridized carbons (Fsp3) is 0.0833. The Hall–Kier alpha value is -2.30. The Labute approximate surface area is 97.3 Å². The molecule has 0 aliphatic carbocycles. The summed E-state index contributed by atoms with van der Waals surface area (Å²) in [4.78, 5) is 18.5. The smallest absolute Gasteiger partial charge is 0.267 e. The topological polar surface area (TPSA) is 68.9 Å². The third kappa shape index (κ3) is 2.84. The van der Waals surface area contributed by atoms with Crippen LogP contribution in [0.15, 0.2) is 36.5 Å². The molecule has 0 fully saturated rings. The van der Waals surface area contributed by atoms with E-state index in [4.69, 9.17) is 5.73 Å². The third-order valence-electron chi connectivity index (χ3n) is 2.23. The number of carbonyl (C=O) groups excluding carboxylic acids is 1. The lowest BCUT2D eigenvalue weighted by Gasteiger charge is -2.02. The maximum absolute atomic E-state index is 12.9. The molecule has 0 saturated carbocycles. The van der Waals surface area contributed by atoms with E-state index in [1.165, 1.54) is 12.3 Å². The highest BCUT2D eigenvalue weighted by Gasteiger charge is 2.04. The van der Waals surface area contributed by atoms with Gasteiger partial charge < -0.3 is 5.73 Å². The van der Waals surface area contributed by atoms with Crippen LogP contribution in [-0.2, 0) is 6.42 Å². The van der Waals surface area contributed by atoms with Crippen molar-refractivity contribution in [3.63, 3.8) is 0 Å². The number of halogens is 1. The summed E-state index contributed by atoms with van der Waals surface area (Å²) in [5.74, 6) is -1.11. The number of hydrogen-bond donors (Lipinski definition) is 1. The minimum Gasteiger partial charge on any atom is -0.364 e. The monoisotopic (exact) mass is 231 g/mol. The van der Waals surface area contributed by atoms with E-state index in [2.05, 4.69) is 9.97 Å². The van der Waals surface area contributed by atoms with Crippen molar-refractivity contribution in [2.24, 2.45) is 5.73 Å². The van der Waals surface area contributed by atoms with Crippen LogP contribution in [-0.4, -0.2) is 15.9 Å². The molecule has 0 aliphatic heterocycles. The van der Waals surface area contributed by atoms with Gasteiger partial charge in [-0.25, -0.2) is 4.98 Å². The second-order valence-corrected chi connectivity index (χ2v) is 3.54. The summed E-state index contributed by atoms with van der Waals surface area (Å²) in [5.41, 5.74) is 6.72. The molecule has 0 saturated heterocycles. The summed E-state index contributed by atoms with van der Waals surface area (Å²) in [6.45, 7) is 0. The fourth-order valence-electron chi connectivity index (χ4n) is 1.48. The van der Waals surface area contributed by atoms with Gasteiger partial charge in [0.15, 0.2) is 0 Å². The van der Waals surface area contributed by atoms with Gasteiger partial charge in [-0.15, -0.1) is 0 Å². The number of nitrogens with zero attached hydrogens (tertiary/aromatic N) is 2. The molecule has 4 nitrogen and oxygen atoms in total. The highest BCUT2D eigenvalue weighted by atomic mass is 19.1. The molecule has 2 aromatic heterocycles. The van der Waals surface area contributed by atoms with E-state index in [0.29, 0.717) is 12.1 Å². The molecule has 17 heavy (non-hydrogen) atoms. The molecule has 0 radical (unpaired) electrons. The largest absolute Gasteiger partial charge is 0.364 e. The maximum Gasteiger partial charge on any atom is 0.267 e. The van der Waals surface area contributed by atoms with Crippen molar-refractivity contribution in [3.05, 3.63) is 59.4 Å². The van der Waals surface area contributed by atoms with Gasteiger partial charge in [-0.05, 0) is 29.8 Å². The first-order valence-corrected chi connectivity index (χ1v) is 5.01. The summed E-state index contributed by atoms with van der Waals surface area (Å²) in [7, 11) is 0. The molecule has 1 amide bonds. The zero-order valence-corrected chi connectivity index (χ0v) is 8.93. The molecule has 0 atom stereocenters. The summed E-state index contributed by atoms with van der Waals surface area (Å²) in [6.07, 6.45) is 1.93. The SMILES string of the molecule is NC(=O)c1cc(Cc2cccc(F)n2)ccn1. The normalized spacial score (nSPS) is 10.2. The lowest BCUT2D eigenvalue weighted by molar-refractivity contribution is 0.0995. The van der Waals surface area contributed by atoms with Crippen LogP contribution in [0.5, 0.6) is 0 Å². The Morgan fingerprint density at radius 3 is 2.88 bits per heavy atom. The van der Waals surface area contributed by atoms with Crippen molar-refractivity contribution >= 4 is 5.91 Å². The molecule has 0 spiro atoms. The van der Waals surface area contributed by atoms with Crippen molar-refractivity contribution in [2.45, 2.75) is 6.42 Å². The predicted molar refractivity (Wildman–Crippen MR) is 59.8 cm³/mol. The second kappa shape index (κ2) is 4.69. The average Bonchev–Trinajstić information content (AvgIpc) is 2.29. The molecule has 0 unspecified atom stereocenters. The molecule has 2 N–H and O–H groups in total. The van der Waals surface area contributed by atoms with Crippen molar-refractivity contribution in [1.29, 1.82) is 0 Å². The number of primary amides is 1. The van der Waals surface area contributed by atoms with E-state index in [0.717, 1.165) is 5.56 Å². The van der Waals surface area contributed by atoms with Crippen molar-refractivity contribution in [3.8, 4) is 0 Å². The summed E-state index contributed by atoms with van der Waals surface area (Å²) in [6, 6.07) is 7.90. The van der Waals surface area contributed by atoms with Crippen LogP contribution in [0, 0.1) is 5.95 Å².